The highest BCUT2D eigenvalue weighted by Crippen LogP contribution is 2.35. The number of anilines is 2. The fourth-order valence-corrected chi connectivity index (χ4v) is 1.76. The van der Waals surface area contributed by atoms with Crippen LogP contribution in [0.4, 0.5) is 24.8 Å². The van der Waals surface area contributed by atoms with E-state index in [1.54, 1.807) is 0 Å². The molecule has 23 heavy (non-hydrogen) atoms. The van der Waals surface area contributed by atoms with Gasteiger partial charge in [0.2, 0.25) is 5.95 Å². The smallest absolute Gasteiger partial charge is 0.347 e. The minimum atomic E-state index is -4.51. The van der Waals surface area contributed by atoms with Gasteiger partial charge < -0.3 is 10.6 Å². The Kier molecular flexibility index (Phi) is 4.95. The molecule has 2 aromatic rings. The summed E-state index contributed by atoms with van der Waals surface area (Å²) in [6.07, 6.45) is -1.73. The standard InChI is InChI=1S/C15H13F3N4O/c1-2-8-19-13(23)12-7-9-20-14(22-12)21-11-6-4-3-5-10(11)15(16,17)18/h2-7,9H,1,8H2,(H,19,23)(H,20,21,22). The molecule has 2 rings (SSSR count). The molecule has 0 aliphatic heterocycles. The van der Waals surface area contributed by atoms with Crippen LogP contribution in [0, 0.1) is 0 Å². The van der Waals surface area contributed by atoms with Crippen molar-refractivity contribution < 1.29 is 18.0 Å². The van der Waals surface area contributed by atoms with E-state index in [2.05, 4.69) is 27.2 Å². The fourth-order valence-electron chi connectivity index (χ4n) is 1.76. The van der Waals surface area contributed by atoms with Crippen molar-refractivity contribution >= 4 is 17.5 Å². The Morgan fingerprint density at radius 3 is 2.70 bits per heavy atom. The molecule has 5 nitrogen and oxygen atoms in total. The number of alkyl halides is 3. The van der Waals surface area contributed by atoms with Crippen molar-refractivity contribution in [2.24, 2.45) is 0 Å². The van der Waals surface area contributed by atoms with Crippen molar-refractivity contribution in [3.8, 4) is 0 Å². The Morgan fingerprint density at radius 2 is 2.00 bits per heavy atom. The summed E-state index contributed by atoms with van der Waals surface area (Å²) >= 11 is 0. The van der Waals surface area contributed by atoms with E-state index in [4.69, 9.17) is 0 Å². The minimum Gasteiger partial charge on any atom is -0.347 e. The zero-order valence-electron chi connectivity index (χ0n) is 11.9. The molecule has 2 N–H and O–H groups in total. The molecule has 8 heteroatoms. The van der Waals surface area contributed by atoms with Crippen LogP contribution in [0.15, 0.2) is 49.2 Å². The predicted octanol–water partition coefficient (Wildman–Crippen LogP) is 3.15. The first-order chi connectivity index (χ1) is 10.9. The quantitative estimate of drug-likeness (QED) is 0.830. The molecule has 1 heterocycles. The molecule has 1 aromatic heterocycles. The maximum absolute atomic E-state index is 12.9. The van der Waals surface area contributed by atoms with Crippen molar-refractivity contribution in [3.63, 3.8) is 0 Å². The number of halogens is 3. The summed E-state index contributed by atoms with van der Waals surface area (Å²) < 4.78 is 38.8. The Balaban J connectivity index is 2.25. The number of nitrogens with one attached hydrogen (secondary N) is 2. The lowest BCUT2D eigenvalue weighted by atomic mass is 10.1. The van der Waals surface area contributed by atoms with Gasteiger partial charge in [-0.25, -0.2) is 9.97 Å². The first-order valence-electron chi connectivity index (χ1n) is 6.57. The third-order valence-corrected chi connectivity index (χ3v) is 2.77. The maximum Gasteiger partial charge on any atom is 0.418 e. The third-order valence-electron chi connectivity index (χ3n) is 2.77. The lowest BCUT2D eigenvalue weighted by Gasteiger charge is -2.13. The van der Waals surface area contributed by atoms with Gasteiger partial charge in [-0.05, 0) is 18.2 Å². The molecule has 1 aromatic carbocycles. The number of hydrogen-bond acceptors (Lipinski definition) is 4. The predicted molar refractivity (Wildman–Crippen MR) is 79.3 cm³/mol. The van der Waals surface area contributed by atoms with Gasteiger partial charge in [0.05, 0.1) is 11.3 Å². The molecule has 0 atom stereocenters. The lowest BCUT2D eigenvalue weighted by molar-refractivity contribution is -0.136. The fraction of sp³-hybridized carbons (Fsp3) is 0.133. The van der Waals surface area contributed by atoms with Crippen LogP contribution in [0.2, 0.25) is 0 Å². The van der Waals surface area contributed by atoms with Gasteiger partial charge in [0.1, 0.15) is 5.69 Å². The van der Waals surface area contributed by atoms with E-state index in [1.165, 1.54) is 36.5 Å². The number of carbonyl (C=O) groups is 1. The molecule has 0 fully saturated rings. The monoisotopic (exact) mass is 322 g/mol. The highest BCUT2D eigenvalue weighted by Gasteiger charge is 2.33. The number of para-hydroxylation sites is 1. The highest BCUT2D eigenvalue weighted by molar-refractivity contribution is 5.92. The topological polar surface area (TPSA) is 66.9 Å². The summed E-state index contributed by atoms with van der Waals surface area (Å²) in [5.41, 5.74) is -0.998. The van der Waals surface area contributed by atoms with Gasteiger partial charge in [-0.15, -0.1) is 6.58 Å². The second-order valence-electron chi connectivity index (χ2n) is 4.43. The van der Waals surface area contributed by atoms with E-state index in [0.29, 0.717) is 0 Å². The van der Waals surface area contributed by atoms with Crippen LogP contribution in [0.1, 0.15) is 16.1 Å². The van der Waals surface area contributed by atoms with Gasteiger partial charge in [-0.3, -0.25) is 4.79 Å². The van der Waals surface area contributed by atoms with Crippen molar-refractivity contribution in [1.29, 1.82) is 0 Å². The average molecular weight is 322 g/mol. The molecule has 0 aliphatic carbocycles. The summed E-state index contributed by atoms with van der Waals surface area (Å²) in [6, 6.07) is 6.31. The largest absolute Gasteiger partial charge is 0.418 e. The molecule has 0 spiro atoms. The molecule has 1 amide bonds. The van der Waals surface area contributed by atoms with Crippen LogP contribution in [-0.4, -0.2) is 22.4 Å². The summed E-state index contributed by atoms with van der Waals surface area (Å²) in [6.45, 7) is 3.72. The summed E-state index contributed by atoms with van der Waals surface area (Å²) in [4.78, 5) is 19.5. The van der Waals surface area contributed by atoms with E-state index >= 15 is 0 Å². The van der Waals surface area contributed by atoms with Crippen molar-refractivity contribution in [3.05, 3.63) is 60.4 Å². The molecule has 0 radical (unpaired) electrons. The molecular weight excluding hydrogens is 309 g/mol. The number of nitrogens with zero attached hydrogens (tertiary/aromatic N) is 2. The molecule has 120 valence electrons. The number of amides is 1. The summed E-state index contributed by atoms with van der Waals surface area (Å²) in [7, 11) is 0. The van der Waals surface area contributed by atoms with Crippen LogP contribution in [0.3, 0.4) is 0 Å². The van der Waals surface area contributed by atoms with Crippen molar-refractivity contribution in [2.75, 3.05) is 11.9 Å². The first-order valence-corrected chi connectivity index (χ1v) is 6.57. The van der Waals surface area contributed by atoms with E-state index in [-0.39, 0.29) is 23.9 Å². The van der Waals surface area contributed by atoms with Crippen LogP contribution in [0.25, 0.3) is 0 Å². The van der Waals surface area contributed by atoms with Gasteiger partial charge in [0.15, 0.2) is 0 Å². The molecule has 0 saturated carbocycles. The first kappa shape index (κ1) is 16.5. The van der Waals surface area contributed by atoms with Gasteiger partial charge in [-0.1, -0.05) is 18.2 Å². The van der Waals surface area contributed by atoms with E-state index in [1.807, 2.05) is 0 Å². The second kappa shape index (κ2) is 6.91. The highest BCUT2D eigenvalue weighted by atomic mass is 19.4. The minimum absolute atomic E-state index is 0.0360. The Morgan fingerprint density at radius 1 is 1.26 bits per heavy atom. The second-order valence-corrected chi connectivity index (χ2v) is 4.43. The number of aromatic nitrogens is 2. The number of rotatable bonds is 5. The summed E-state index contributed by atoms with van der Waals surface area (Å²) in [5, 5.41) is 5.01. The molecular formula is C15H13F3N4O. The van der Waals surface area contributed by atoms with Crippen LogP contribution >= 0.6 is 0 Å². The zero-order valence-corrected chi connectivity index (χ0v) is 11.9. The van der Waals surface area contributed by atoms with Crippen LogP contribution < -0.4 is 10.6 Å². The Hall–Kier alpha value is -2.90. The Bertz CT molecular complexity index is 716. The maximum atomic E-state index is 12.9. The lowest BCUT2D eigenvalue weighted by Crippen LogP contribution is -2.24. The molecule has 0 bridgehead atoms. The van der Waals surface area contributed by atoms with E-state index in [0.717, 1.165) is 6.07 Å². The SMILES string of the molecule is C=CCNC(=O)c1ccnc(Nc2ccccc2C(F)(F)F)n1. The van der Waals surface area contributed by atoms with E-state index in [9.17, 15) is 18.0 Å². The summed E-state index contributed by atoms with van der Waals surface area (Å²) in [5.74, 6) is -0.576. The van der Waals surface area contributed by atoms with Crippen LogP contribution in [-0.2, 0) is 6.18 Å². The van der Waals surface area contributed by atoms with Gasteiger partial charge >= 0.3 is 6.18 Å². The molecule has 0 aliphatic rings. The number of hydrogen-bond donors (Lipinski definition) is 2. The van der Waals surface area contributed by atoms with Gasteiger partial charge in [0, 0.05) is 12.7 Å². The molecule has 0 unspecified atom stereocenters. The van der Waals surface area contributed by atoms with Gasteiger partial charge in [0.25, 0.3) is 5.91 Å². The van der Waals surface area contributed by atoms with Crippen LogP contribution in [0.5, 0.6) is 0 Å². The normalized spacial score (nSPS) is 10.9. The molecule has 0 saturated heterocycles. The average Bonchev–Trinajstić information content (AvgIpc) is 2.52. The number of carbonyl (C=O) groups excluding carboxylic acids is 1. The van der Waals surface area contributed by atoms with Gasteiger partial charge in [-0.2, -0.15) is 13.2 Å². The van der Waals surface area contributed by atoms with E-state index < -0.39 is 17.6 Å². The van der Waals surface area contributed by atoms with Crippen molar-refractivity contribution in [2.45, 2.75) is 6.18 Å². The Labute approximate surface area is 130 Å². The van der Waals surface area contributed by atoms with Crippen molar-refractivity contribution in [1.82, 2.24) is 15.3 Å². The third kappa shape index (κ3) is 4.29. The number of benzene rings is 1. The zero-order chi connectivity index (χ0) is 16.9.